The monoisotopic (exact) mass is 301 g/mol. The van der Waals surface area contributed by atoms with Crippen molar-refractivity contribution in [1.29, 1.82) is 0 Å². The van der Waals surface area contributed by atoms with Gasteiger partial charge in [-0.3, -0.25) is 0 Å². The van der Waals surface area contributed by atoms with Crippen molar-refractivity contribution in [2.45, 2.75) is 6.54 Å². The molecule has 2 aromatic rings. The molecule has 0 spiro atoms. The fraction of sp³-hybridized carbons (Fsp3) is 0.125. The average Bonchev–Trinajstić information content (AvgIpc) is 2.41. The molecule has 0 unspecified atom stereocenters. The predicted molar refractivity (Wildman–Crippen MR) is 84.6 cm³/mol. The molecule has 0 aromatic heterocycles. The van der Waals surface area contributed by atoms with Gasteiger partial charge in [0.05, 0.1) is 0 Å². The molecule has 1 N–H and O–H groups in total. The summed E-state index contributed by atoms with van der Waals surface area (Å²) >= 11 is 3.68. The van der Waals surface area contributed by atoms with E-state index in [9.17, 15) is 0 Å². The maximum atomic E-state index is 3.93. The molecule has 18 heavy (non-hydrogen) atoms. The fourth-order valence-corrected chi connectivity index (χ4v) is 3.03. The molecule has 0 amide bonds. The van der Waals surface area contributed by atoms with Gasteiger partial charge in [-0.2, -0.15) is 0 Å². The largest absolute Gasteiger partial charge is 0.316 e. The topological polar surface area (TPSA) is 12.0 Å². The highest BCUT2D eigenvalue weighted by Crippen LogP contribution is 2.35. The number of hydrogen-bond donors (Lipinski definition) is 1. The number of rotatable bonds is 4. The molecule has 0 saturated heterocycles. The smallest absolute Gasteiger partial charge is 0.0332 e. The lowest BCUT2D eigenvalue weighted by molar-refractivity contribution is 0.822. The van der Waals surface area contributed by atoms with E-state index in [1.807, 2.05) is 19.2 Å². The zero-order valence-corrected chi connectivity index (χ0v) is 12.0. The SMILES string of the molecule is C=Cc1c(C=C)c(CNC)c2ccccc2c1Br. The third-order valence-corrected chi connectivity index (χ3v) is 3.96. The van der Waals surface area contributed by atoms with E-state index in [4.69, 9.17) is 0 Å². The maximum Gasteiger partial charge on any atom is 0.0332 e. The minimum absolute atomic E-state index is 0.815. The summed E-state index contributed by atoms with van der Waals surface area (Å²) in [7, 11) is 1.96. The third kappa shape index (κ3) is 2.02. The average molecular weight is 302 g/mol. The van der Waals surface area contributed by atoms with Crippen molar-refractivity contribution in [3.8, 4) is 0 Å². The van der Waals surface area contributed by atoms with Gasteiger partial charge < -0.3 is 5.32 Å². The van der Waals surface area contributed by atoms with E-state index < -0.39 is 0 Å². The molecule has 2 heteroatoms. The Bertz CT molecular complexity index is 614. The second kappa shape index (κ2) is 5.51. The third-order valence-electron chi connectivity index (χ3n) is 3.10. The standard InChI is InChI=1S/C16H16BrN/c1-4-11-12(5-2)16(17)14-9-7-6-8-13(14)15(11)10-18-3/h4-9,18H,1-2,10H2,3H3. The van der Waals surface area contributed by atoms with Crippen molar-refractivity contribution in [2.75, 3.05) is 7.05 Å². The second-order valence-electron chi connectivity index (χ2n) is 4.10. The molecule has 2 aromatic carbocycles. The van der Waals surface area contributed by atoms with Crippen molar-refractivity contribution < 1.29 is 0 Å². The summed E-state index contributed by atoms with van der Waals surface area (Å²) in [5.74, 6) is 0. The zero-order chi connectivity index (χ0) is 13.1. The first-order chi connectivity index (χ1) is 8.74. The van der Waals surface area contributed by atoms with Crippen molar-refractivity contribution >= 4 is 38.9 Å². The van der Waals surface area contributed by atoms with Crippen LogP contribution in [0.5, 0.6) is 0 Å². The summed E-state index contributed by atoms with van der Waals surface area (Å²) in [6.07, 6.45) is 3.79. The van der Waals surface area contributed by atoms with Gasteiger partial charge in [-0.15, -0.1) is 0 Å². The highest BCUT2D eigenvalue weighted by Gasteiger charge is 2.13. The molecule has 92 valence electrons. The van der Waals surface area contributed by atoms with Gasteiger partial charge in [-0.1, -0.05) is 49.6 Å². The van der Waals surface area contributed by atoms with Crippen LogP contribution in [-0.2, 0) is 6.54 Å². The molecule has 0 heterocycles. The van der Waals surface area contributed by atoms with Crippen LogP contribution in [0.1, 0.15) is 16.7 Å². The highest BCUT2D eigenvalue weighted by atomic mass is 79.9. The number of halogens is 1. The molecular weight excluding hydrogens is 286 g/mol. The molecule has 0 radical (unpaired) electrons. The lowest BCUT2D eigenvalue weighted by Crippen LogP contribution is -2.08. The van der Waals surface area contributed by atoms with Gasteiger partial charge in [0.1, 0.15) is 0 Å². The molecule has 0 atom stereocenters. The van der Waals surface area contributed by atoms with Crippen LogP contribution in [0.25, 0.3) is 22.9 Å². The zero-order valence-electron chi connectivity index (χ0n) is 10.5. The van der Waals surface area contributed by atoms with E-state index >= 15 is 0 Å². The first kappa shape index (κ1) is 13.1. The molecular formula is C16H16BrN. The van der Waals surface area contributed by atoms with Crippen LogP contribution >= 0.6 is 15.9 Å². The van der Waals surface area contributed by atoms with Crippen molar-refractivity contribution in [3.63, 3.8) is 0 Å². The Balaban J connectivity index is 2.95. The van der Waals surface area contributed by atoms with E-state index in [1.165, 1.54) is 16.3 Å². The minimum Gasteiger partial charge on any atom is -0.316 e. The Labute approximate surface area is 116 Å². The Morgan fingerprint density at radius 3 is 2.28 bits per heavy atom. The van der Waals surface area contributed by atoms with Crippen LogP contribution in [0.4, 0.5) is 0 Å². The number of hydrogen-bond acceptors (Lipinski definition) is 1. The fourth-order valence-electron chi connectivity index (χ4n) is 2.31. The summed E-state index contributed by atoms with van der Waals surface area (Å²) in [5, 5.41) is 5.68. The van der Waals surface area contributed by atoms with E-state index in [1.54, 1.807) is 0 Å². The van der Waals surface area contributed by atoms with Crippen LogP contribution < -0.4 is 5.32 Å². The minimum atomic E-state index is 0.815. The van der Waals surface area contributed by atoms with Gasteiger partial charge in [0.15, 0.2) is 0 Å². The second-order valence-corrected chi connectivity index (χ2v) is 4.90. The summed E-state index contributed by atoms with van der Waals surface area (Å²) in [6, 6.07) is 8.39. The van der Waals surface area contributed by atoms with Crippen molar-refractivity contribution in [1.82, 2.24) is 5.32 Å². The summed E-state index contributed by atoms with van der Waals surface area (Å²) < 4.78 is 1.09. The summed E-state index contributed by atoms with van der Waals surface area (Å²) in [4.78, 5) is 0. The predicted octanol–water partition coefficient (Wildman–Crippen LogP) is 4.61. The lowest BCUT2D eigenvalue weighted by Gasteiger charge is -2.16. The van der Waals surface area contributed by atoms with Gasteiger partial charge in [0, 0.05) is 11.0 Å². The molecule has 0 bridgehead atoms. The first-order valence-electron chi connectivity index (χ1n) is 5.87. The van der Waals surface area contributed by atoms with Crippen LogP contribution in [0.3, 0.4) is 0 Å². The lowest BCUT2D eigenvalue weighted by atomic mass is 9.94. The van der Waals surface area contributed by atoms with E-state index in [0.717, 1.165) is 22.1 Å². The van der Waals surface area contributed by atoms with Gasteiger partial charge in [-0.05, 0) is 50.4 Å². The summed E-state index contributed by atoms with van der Waals surface area (Å²) in [5.41, 5.74) is 3.51. The Kier molecular flexibility index (Phi) is 4.00. The van der Waals surface area contributed by atoms with Crippen LogP contribution in [0.2, 0.25) is 0 Å². The molecule has 0 saturated carbocycles. The first-order valence-corrected chi connectivity index (χ1v) is 6.66. The van der Waals surface area contributed by atoms with Crippen molar-refractivity contribution in [3.05, 3.63) is 58.6 Å². The maximum absolute atomic E-state index is 3.93. The molecule has 1 nitrogen and oxygen atoms in total. The van der Waals surface area contributed by atoms with Gasteiger partial charge in [-0.25, -0.2) is 0 Å². The molecule has 0 aliphatic heterocycles. The van der Waals surface area contributed by atoms with E-state index in [2.05, 4.69) is 58.7 Å². The van der Waals surface area contributed by atoms with Gasteiger partial charge in [0.2, 0.25) is 0 Å². The Morgan fingerprint density at radius 1 is 1.11 bits per heavy atom. The Morgan fingerprint density at radius 2 is 1.72 bits per heavy atom. The number of benzene rings is 2. The molecule has 0 fully saturated rings. The molecule has 0 aliphatic carbocycles. The Hall–Kier alpha value is -1.38. The summed E-state index contributed by atoms with van der Waals surface area (Å²) in [6.45, 7) is 8.66. The molecule has 2 rings (SSSR count). The molecule has 0 aliphatic rings. The van der Waals surface area contributed by atoms with Gasteiger partial charge in [0.25, 0.3) is 0 Å². The van der Waals surface area contributed by atoms with E-state index in [-0.39, 0.29) is 0 Å². The van der Waals surface area contributed by atoms with Crippen molar-refractivity contribution in [2.24, 2.45) is 0 Å². The van der Waals surface area contributed by atoms with Crippen LogP contribution in [0.15, 0.2) is 41.9 Å². The van der Waals surface area contributed by atoms with Crippen LogP contribution in [-0.4, -0.2) is 7.05 Å². The quantitative estimate of drug-likeness (QED) is 0.870. The highest BCUT2D eigenvalue weighted by molar-refractivity contribution is 9.10. The van der Waals surface area contributed by atoms with Gasteiger partial charge >= 0.3 is 0 Å². The number of fused-ring (bicyclic) bond motifs is 1. The number of nitrogens with one attached hydrogen (secondary N) is 1. The van der Waals surface area contributed by atoms with E-state index in [0.29, 0.717) is 0 Å². The normalized spacial score (nSPS) is 10.6. The van der Waals surface area contributed by atoms with Crippen LogP contribution in [0, 0.1) is 0 Å².